The molecule has 4 aromatic rings. The van der Waals surface area contributed by atoms with Gasteiger partial charge in [0.15, 0.2) is 10.9 Å². The summed E-state index contributed by atoms with van der Waals surface area (Å²) in [5.41, 5.74) is 8.80. The summed E-state index contributed by atoms with van der Waals surface area (Å²) in [5, 5.41) is 12.4. The quantitative estimate of drug-likeness (QED) is 0.254. The molecule has 0 atom stereocenters. The number of anilines is 1. The van der Waals surface area contributed by atoms with E-state index in [4.69, 9.17) is 14.9 Å². The van der Waals surface area contributed by atoms with E-state index < -0.39 is 0 Å². The zero-order chi connectivity index (χ0) is 23.0. The Hall–Kier alpha value is -4.07. The predicted octanol–water partition coefficient (Wildman–Crippen LogP) is 5.47. The first kappa shape index (κ1) is 22.1. The average Bonchev–Trinajstić information content (AvgIpc) is 3.57. The van der Waals surface area contributed by atoms with Crippen LogP contribution in [0.3, 0.4) is 0 Å². The second-order valence-electron chi connectivity index (χ2n) is 6.46. The molecule has 3 aromatic heterocycles. The van der Waals surface area contributed by atoms with Crippen molar-refractivity contribution in [2.75, 3.05) is 11.8 Å². The number of rotatable bonds is 8. The third kappa shape index (κ3) is 5.23. The minimum absolute atomic E-state index is 0.384. The largest absolute Gasteiger partial charge is 0.472 e. The number of ether oxygens (including phenoxy) is 1. The Bertz CT molecular complexity index is 1330. The van der Waals surface area contributed by atoms with Gasteiger partial charge in [0.1, 0.15) is 11.8 Å². The zero-order valence-electron chi connectivity index (χ0n) is 17.4. The maximum Gasteiger partial charge on any atom is 0.192 e. The molecule has 0 aliphatic carbocycles. The minimum atomic E-state index is 0.384. The van der Waals surface area contributed by atoms with Gasteiger partial charge in [-0.2, -0.15) is 5.26 Å². The van der Waals surface area contributed by atoms with E-state index in [1.54, 1.807) is 50.2 Å². The van der Waals surface area contributed by atoms with Gasteiger partial charge in [-0.1, -0.05) is 0 Å². The van der Waals surface area contributed by atoms with Gasteiger partial charge in [0, 0.05) is 34.6 Å². The Balaban J connectivity index is 1.65. The van der Waals surface area contributed by atoms with E-state index in [0.717, 1.165) is 15.6 Å². The molecule has 10 heteroatoms. The van der Waals surface area contributed by atoms with E-state index in [-0.39, 0.29) is 0 Å². The normalized spacial score (nSPS) is 11.5. The van der Waals surface area contributed by atoms with Crippen LogP contribution in [-0.2, 0) is 0 Å². The van der Waals surface area contributed by atoms with E-state index in [1.165, 1.54) is 29.5 Å². The lowest BCUT2D eigenvalue weighted by atomic mass is 10.1. The number of hydrogen-bond donors (Lipinski definition) is 2. The smallest absolute Gasteiger partial charge is 0.192 e. The lowest BCUT2D eigenvalue weighted by molar-refractivity contribution is 0.477. The van der Waals surface area contributed by atoms with Crippen molar-refractivity contribution in [3.8, 4) is 28.8 Å². The monoisotopic (exact) mass is 474 g/mol. The van der Waals surface area contributed by atoms with Crippen LogP contribution in [0.4, 0.5) is 5.13 Å². The number of nitriles is 1. The standard InChI is InChI=1S/C23H18N6O2S2/c1-26-19(4-6-24)18-11-20(15-5-8-30-14-15)28-13-22(18)31-21-3-2-17(10-16(21)12-25)33-29-23-27-7-9-32-23/h2-11,13-14H,24H2,1H3,(H,27,29). The Morgan fingerprint density at radius 2 is 2.21 bits per heavy atom. The number of furan rings is 1. The van der Waals surface area contributed by atoms with Crippen molar-refractivity contribution in [3.05, 3.63) is 84.0 Å². The van der Waals surface area contributed by atoms with Crippen LogP contribution in [0, 0.1) is 11.3 Å². The zero-order valence-corrected chi connectivity index (χ0v) is 19.1. The van der Waals surface area contributed by atoms with Crippen LogP contribution in [0.15, 0.2) is 87.2 Å². The van der Waals surface area contributed by atoms with Gasteiger partial charge in [0.05, 0.1) is 35.7 Å². The van der Waals surface area contributed by atoms with Crippen LogP contribution < -0.4 is 15.2 Å². The van der Waals surface area contributed by atoms with Gasteiger partial charge in [0.2, 0.25) is 0 Å². The number of nitrogens with two attached hydrogens (primary N) is 1. The molecular formula is C23H18N6O2S2. The molecule has 4 rings (SSSR count). The van der Waals surface area contributed by atoms with Crippen LogP contribution in [0.25, 0.3) is 11.3 Å². The molecular weight excluding hydrogens is 456 g/mol. The van der Waals surface area contributed by atoms with Crippen molar-refractivity contribution in [3.63, 3.8) is 0 Å². The van der Waals surface area contributed by atoms with Crippen LogP contribution >= 0.6 is 23.3 Å². The van der Waals surface area contributed by atoms with Crippen molar-refractivity contribution in [1.82, 2.24) is 9.97 Å². The number of aromatic nitrogens is 2. The molecule has 0 radical (unpaired) electrons. The molecule has 164 valence electrons. The molecule has 8 nitrogen and oxygen atoms in total. The summed E-state index contributed by atoms with van der Waals surface area (Å²) in [6.07, 6.45) is 9.60. The molecule has 0 unspecified atom stereocenters. The number of nitrogens with zero attached hydrogens (tertiary/aromatic N) is 4. The second kappa shape index (κ2) is 10.5. The summed E-state index contributed by atoms with van der Waals surface area (Å²) in [4.78, 5) is 13.8. The van der Waals surface area contributed by atoms with Crippen molar-refractivity contribution in [2.24, 2.45) is 10.7 Å². The highest BCUT2D eigenvalue weighted by molar-refractivity contribution is 8.00. The van der Waals surface area contributed by atoms with Gasteiger partial charge >= 0.3 is 0 Å². The van der Waals surface area contributed by atoms with Gasteiger partial charge in [-0.15, -0.1) is 11.3 Å². The molecule has 0 bridgehead atoms. The molecule has 0 aliphatic rings. The second-order valence-corrected chi connectivity index (χ2v) is 8.23. The maximum absolute atomic E-state index is 9.70. The summed E-state index contributed by atoms with van der Waals surface area (Å²) in [6, 6.07) is 11.2. The van der Waals surface area contributed by atoms with Crippen molar-refractivity contribution < 1.29 is 9.15 Å². The third-order valence-electron chi connectivity index (χ3n) is 4.44. The number of aliphatic imine (C=N–C) groups is 1. The Labute approximate surface area is 198 Å². The van der Waals surface area contributed by atoms with Crippen LogP contribution in [0.1, 0.15) is 11.1 Å². The Kier molecular flexibility index (Phi) is 7.04. The van der Waals surface area contributed by atoms with E-state index >= 15 is 0 Å². The van der Waals surface area contributed by atoms with Gasteiger partial charge in [-0.3, -0.25) is 9.98 Å². The molecule has 0 spiro atoms. The van der Waals surface area contributed by atoms with Gasteiger partial charge in [-0.25, -0.2) is 4.98 Å². The minimum Gasteiger partial charge on any atom is -0.472 e. The molecule has 0 amide bonds. The molecule has 0 aliphatic heterocycles. The number of pyridine rings is 1. The van der Waals surface area contributed by atoms with Crippen molar-refractivity contribution >= 4 is 34.1 Å². The number of benzene rings is 1. The molecule has 3 N–H and O–H groups in total. The fourth-order valence-electron chi connectivity index (χ4n) is 2.91. The fourth-order valence-corrected chi connectivity index (χ4v) is 4.17. The Morgan fingerprint density at radius 3 is 2.91 bits per heavy atom. The molecule has 1 aromatic carbocycles. The molecule has 0 saturated carbocycles. The molecule has 3 heterocycles. The van der Waals surface area contributed by atoms with Crippen LogP contribution in [-0.4, -0.2) is 22.7 Å². The summed E-state index contributed by atoms with van der Waals surface area (Å²) >= 11 is 2.87. The van der Waals surface area contributed by atoms with Crippen molar-refractivity contribution in [1.29, 1.82) is 5.26 Å². The molecule has 0 saturated heterocycles. The lowest BCUT2D eigenvalue weighted by Crippen LogP contribution is -2.03. The first-order valence-electron chi connectivity index (χ1n) is 9.64. The van der Waals surface area contributed by atoms with Crippen LogP contribution in [0.2, 0.25) is 0 Å². The summed E-state index contributed by atoms with van der Waals surface area (Å²) in [5.74, 6) is 0.848. The van der Waals surface area contributed by atoms with Gasteiger partial charge < -0.3 is 19.6 Å². The topological polar surface area (TPSA) is 122 Å². The van der Waals surface area contributed by atoms with E-state index in [2.05, 4.69) is 25.8 Å². The van der Waals surface area contributed by atoms with Crippen molar-refractivity contribution in [2.45, 2.75) is 4.90 Å². The number of nitrogens with one attached hydrogen (secondary N) is 1. The number of allylic oxidation sites excluding steroid dienone is 1. The molecule has 33 heavy (non-hydrogen) atoms. The first-order valence-corrected chi connectivity index (χ1v) is 11.3. The van der Waals surface area contributed by atoms with E-state index in [0.29, 0.717) is 34.0 Å². The first-order chi connectivity index (χ1) is 16.2. The maximum atomic E-state index is 9.70. The van der Waals surface area contributed by atoms with E-state index in [1.807, 2.05) is 23.6 Å². The highest BCUT2D eigenvalue weighted by Crippen LogP contribution is 2.33. The summed E-state index contributed by atoms with van der Waals surface area (Å²) in [6.45, 7) is 0. The van der Waals surface area contributed by atoms with E-state index in [9.17, 15) is 5.26 Å². The predicted molar refractivity (Wildman–Crippen MR) is 131 cm³/mol. The summed E-state index contributed by atoms with van der Waals surface area (Å²) < 4.78 is 14.5. The fraction of sp³-hybridized carbons (Fsp3) is 0.0435. The molecule has 0 fully saturated rings. The average molecular weight is 475 g/mol. The highest BCUT2D eigenvalue weighted by Gasteiger charge is 2.15. The lowest BCUT2D eigenvalue weighted by Gasteiger charge is -2.14. The SMILES string of the molecule is CN=C(C=CN)c1cc(-c2ccoc2)ncc1Oc1ccc(SNc2nccs2)cc1C#N. The van der Waals surface area contributed by atoms with Gasteiger partial charge in [-0.05, 0) is 54.6 Å². The highest BCUT2D eigenvalue weighted by atomic mass is 32.2. The number of hydrogen-bond acceptors (Lipinski definition) is 10. The summed E-state index contributed by atoms with van der Waals surface area (Å²) in [7, 11) is 1.67. The Morgan fingerprint density at radius 1 is 1.30 bits per heavy atom. The van der Waals surface area contributed by atoms with Gasteiger partial charge in [0.25, 0.3) is 0 Å². The van der Waals surface area contributed by atoms with Crippen LogP contribution in [0.5, 0.6) is 11.5 Å². The third-order valence-corrected chi connectivity index (χ3v) is 6.04. The number of thiazole rings is 1.